The number of carbonyl (C=O) groups is 3. The third-order valence-corrected chi connectivity index (χ3v) is 5.95. The van der Waals surface area contributed by atoms with Crippen LogP contribution in [0.3, 0.4) is 0 Å². The molecule has 2 unspecified atom stereocenters. The Morgan fingerprint density at radius 2 is 1.74 bits per heavy atom. The molecule has 2 fully saturated rings. The lowest BCUT2D eigenvalue weighted by Gasteiger charge is -2.20. The van der Waals surface area contributed by atoms with Crippen LogP contribution in [0.1, 0.15) is 32.1 Å². The maximum atomic E-state index is 12.4. The summed E-state index contributed by atoms with van der Waals surface area (Å²) < 4.78 is 6.60. The fourth-order valence-electron chi connectivity index (χ4n) is 3.81. The molecule has 146 valence electrons. The quantitative estimate of drug-likeness (QED) is 0.616. The number of amides is 3. The first-order chi connectivity index (χ1) is 13.0. The highest BCUT2D eigenvalue weighted by Crippen LogP contribution is 2.37. The number of halogens is 1. The molecule has 1 heterocycles. The van der Waals surface area contributed by atoms with E-state index in [1.165, 1.54) is 4.90 Å². The number of likely N-dealkylation sites (N-methyl/N-ethyl adjacent to an activating group) is 1. The zero-order valence-corrected chi connectivity index (χ0v) is 17.1. The summed E-state index contributed by atoms with van der Waals surface area (Å²) in [6, 6.07) is 7.50. The van der Waals surface area contributed by atoms with Crippen LogP contribution < -0.4 is 4.74 Å². The van der Waals surface area contributed by atoms with Crippen molar-refractivity contribution in [2.24, 2.45) is 11.8 Å². The topological polar surface area (TPSA) is 66.9 Å². The number of imide groups is 1. The molecule has 3 amide bonds. The van der Waals surface area contributed by atoms with Crippen molar-refractivity contribution in [3.05, 3.63) is 28.7 Å². The van der Waals surface area contributed by atoms with Crippen LogP contribution >= 0.6 is 15.9 Å². The number of fused-ring (bicyclic) bond motifs is 1. The smallest absolute Gasteiger partial charge is 0.233 e. The van der Waals surface area contributed by atoms with Crippen LogP contribution in [0.4, 0.5) is 0 Å². The summed E-state index contributed by atoms with van der Waals surface area (Å²) >= 11 is 3.37. The van der Waals surface area contributed by atoms with Crippen molar-refractivity contribution in [3.63, 3.8) is 0 Å². The van der Waals surface area contributed by atoms with E-state index in [9.17, 15) is 14.4 Å². The summed E-state index contributed by atoms with van der Waals surface area (Å²) in [7, 11) is 1.71. The minimum absolute atomic E-state index is 0.0845. The maximum absolute atomic E-state index is 12.4. The van der Waals surface area contributed by atoms with Gasteiger partial charge in [0.1, 0.15) is 12.4 Å². The molecule has 2 atom stereocenters. The molecule has 27 heavy (non-hydrogen) atoms. The Balaban J connectivity index is 1.42. The van der Waals surface area contributed by atoms with E-state index in [0.717, 1.165) is 35.9 Å². The van der Waals surface area contributed by atoms with E-state index in [0.29, 0.717) is 13.2 Å². The lowest BCUT2D eigenvalue weighted by Crippen LogP contribution is -2.37. The molecule has 3 rings (SSSR count). The van der Waals surface area contributed by atoms with Gasteiger partial charge in [0.05, 0.1) is 18.4 Å². The van der Waals surface area contributed by atoms with E-state index in [4.69, 9.17) is 4.74 Å². The normalized spacial score (nSPS) is 21.9. The van der Waals surface area contributed by atoms with Gasteiger partial charge in [-0.05, 0) is 37.1 Å². The van der Waals surface area contributed by atoms with Crippen molar-refractivity contribution in [2.45, 2.75) is 32.1 Å². The molecule has 7 heteroatoms. The Morgan fingerprint density at radius 1 is 1.15 bits per heavy atom. The van der Waals surface area contributed by atoms with Gasteiger partial charge in [0.2, 0.25) is 17.7 Å². The lowest BCUT2D eigenvalue weighted by atomic mass is 9.81. The molecular formula is C20H25BrN2O4. The van der Waals surface area contributed by atoms with Crippen molar-refractivity contribution in [1.82, 2.24) is 9.80 Å². The number of hydrogen-bond donors (Lipinski definition) is 0. The first-order valence-corrected chi connectivity index (χ1v) is 10.2. The van der Waals surface area contributed by atoms with E-state index in [-0.39, 0.29) is 42.5 Å². The fourth-order valence-corrected chi connectivity index (χ4v) is 4.07. The third kappa shape index (κ3) is 4.69. The number of likely N-dealkylation sites (tertiary alicyclic amines) is 1. The van der Waals surface area contributed by atoms with E-state index < -0.39 is 0 Å². The first-order valence-electron chi connectivity index (χ1n) is 9.45. The minimum atomic E-state index is -0.154. The Morgan fingerprint density at radius 3 is 2.33 bits per heavy atom. The summed E-state index contributed by atoms with van der Waals surface area (Å²) in [6.45, 7) is 1.01. The molecule has 0 spiro atoms. The average Bonchev–Trinajstić information content (AvgIpc) is 2.92. The Bertz CT molecular complexity index is 682. The second kappa shape index (κ2) is 8.87. The zero-order chi connectivity index (χ0) is 19.4. The summed E-state index contributed by atoms with van der Waals surface area (Å²) in [5.74, 6) is 0.175. The fraction of sp³-hybridized carbons (Fsp3) is 0.550. The molecule has 0 bridgehead atoms. The van der Waals surface area contributed by atoms with Gasteiger partial charge in [-0.2, -0.15) is 0 Å². The van der Waals surface area contributed by atoms with Gasteiger partial charge in [-0.25, -0.2) is 0 Å². The van der Waals surface area contributed by atoms with Gasteiger partial charge in [-0.1, -0.05) is 28.8 Å². The zero-order valence-electron chi connectivity index (χ0n) is 15.5. The molecule has 2 aliphatic rings. The Labute approximate surface area is 168 Å². The predicted molar refractivity (Wildman–Crippen MR) is 104 cm³/mol. The molecule has 1 aromatic carbocycles. The van der Waals surface area contributed by atoms with Crippen LogP contribution in [0.2, 0.25) is 0 Å². The second-order valence-corrected chi connectivity index (χ2v) is 8.11. The molecule has 1 saturated carbocycles. The summed E-state index contributed by atoms with van der Waals surface area (Å²) in [5, 5.41) is 0. The van der Waals surface area contributed by atoms with Gasteiger partial charge in [0.15, 0.2) is 0 Å². The molecule has 6 nitrogen and oxygen atoms in total. The monoisotopic (exact) mass is 436 g/mol. The van der Waals surface area contributed by atoms with Crippen molar-refractivity contribution < 1.29 is 19.1 Å². The summed E-state index contributed by atoms with van der Waals surface area (Å²) in [4.78, 5) is 40.1. The average molecular weight is 437 g/mol. The van der Waals surface area contributed by atoms with Crippen LogP contribution in [0.5, 0.6) is 5.75 Å². The van der Waals surface area contributed by atoms with Gasteiger partial charge in [0, 0.05) is 24.5 Å². The Hall–Kier alpha value is -1.89. The van der Waals surface area contributed by atoms with Gasteiger partial charge in [-0.15, -0.1) is 0 Å². The standard InChI is InChI=1S/C20H25BrN2O4/c1-22(12-13-27-15-8-6-14(21)7-9-15)18(24)10-11-23-19(25)16-4-2-3-5-17(16)20(23)26/h6-9,16-17H,2-5,10-13H2,1H3. The highest BCUT2D eigenvalue weighted by Gasteiger charge is 2.47. The summed E-state index contributed by atoms with van der Waals surface area (Å²) in [6.07, 6.45) is 3.77. The number of nitrogens with zero attached hydrogens (tertiary/aromatic N) is 2. The molecule has 0 radical (unpaired) electrons. The number of ether oxygens (including phenoxy) is 1. The highest BCUT2D eigenvalue weighted by atomic mass is 79.9. The number of rotatable bonds is 7. The third-order valence-electron chi connectivity index (χ3n) is 5.42. The van der Waals surface area contributed by atoms with Crippen LogP contribution in [0.15, 0.2) is 28.7 Å². The molecular weight excluding hydrogens is 412 g/mol. The van der Waals surface area contributed by atoms with Crippen LogP contribution in [-0.4, -0.2) is 54.3 Å². The number of benzene rings is 1. The van der Waals surface area contributed by atoms with Crippen LogP contribution in [-0.2, 0) is 14.4 Å². The van der Waals surface area contributed by atoms with Gasteiger partial charge in [-0.3, -0.25) is 19.3 Å². The molecule has 0 aromatic heterocycles. The number of carbonyl (C=O) groups excluding carboxylic acids is 3. The maximum Gasteiger partial charge on any atom is 0.233 e. The Kier molecular flexibility index (Phi) is 6.52. The van der Waals surface area contributed by atoms with Crippen molar-refractivity contribution in [2.75, 3.05) is 26.7 Å². The summed E-state index contributed by atoms with van der Waals surface area (Å²) in [5.41, 5.74) is 0. The van der Waals surface area contributed by atoms with E-state index in [1.807, 2.05) is 24.3 Å². The van der Waals surface area contributed by atoms with Crippen molar-refractivity contribution in [3.8, 4) is 5.75 Å². The van der Waals surface area contributed by atoms with Gasteiger partial charge >= 0.3 is 0 Å². The molecule has 0 N–H and O–H groups in total. The first kappa shape index (κ1) is 19.9. The van der Waals surface area contributed by atoms with Crippen LogP contribution in [0, 0.1) is 11.8 Å². The van der Waals surface area contributed by atoms with Gasteiger partial charge in [0.25, 0.3) is 0 Å². The van der Waals surface area contributed by atoms with E-state index in [1.54, 1.807) is 11.9 Å². The molecule has 1 aliphatic heterocycles. The van der Waals surface area contributed by atoms with Crippen molar-refractivity contribution >= 4 is 33.7 Å². The predicted octanol–water partition coefficient (Wildman–Crippen LogP) is 2.85. The van der Waals surface area contributed by atoms with E-state index >= 15 is 0 Å². The highest BCUT2D eigenvalue weighted by molar-refractivity contribution is 9.10. The molecule has 1 aliphatic carbocycles. The minimum Gasteiger partial charge on any atom is -0.492 e. The SMILES string of the molecule is CN(CCOc1ccc(Br)cc1)C(=O)CCN1C(=O)C2CCCCC2C1=O. The molecule has 1 aromatic rings. The van der Waals surface area contributed by atoms with E-state index in [2.05, 4.69) is 15.9 Å². The van der Waals surface area contributed by atoms with Gasteiger partial charge < -0.3 is 9.64 Å². The van der Waals surface area contributed by atoms with Crippen molar-refractivity contribution in [1.29, 1.82) is 0 Å². The molecule has 1 saturated heterocycles. The lowest BCUT2D eigenvalue weighted by molar-refractivity contribution is -0.140. The second-order valence-electron chi connectivity index (χ2n) is 7.19. The largest absolute Gasteiger partial charge is 0.492 e. The number of hydrogen-bond acceptors (Lipinski definition) is 4. The van der Waals surface area contributed by atoms with Crippen LogP contribution in [0.25, 0.3) is 0 Å².